The van der Waals surface area contributed by atoms with Gasteiger partial charge in [0.2, 0.25) is 0 Å². The fraction of sp³-hybridized carbons (Fsp3) is 0.800. The van der Waals surface area contributed by atoms with Crippen LogP contribution in [0.4, 0.5) is 0 Å². The Balaban J connectivity index is 1.30. The van der Waals surface area contributed by atoms with Gasteiger partial charge in [0.1, 0.15) is 0 Å². The minimum Gasteiger partial charge on any atom is -0.300 e. The van der Waals surface area contributed by atoms with Gasteiger partial charge in [-0.2, -0.15) is 0 Å². The largest absolute Gasteiger partial charge is 0.300 e. The van der Waals surface area contributed by atoms with Crippen molar-refractivity contribution in [2.24, 2.45) is 11.8 Å². The van der Waals surface area contributed by atoms with Crippen molar-refractivity contribution in [1.82, 2.24) is 25.6 Å². The monoisotopic (exact) mass is 413 g/mol. The van der Waals surface area contributed by atoms with Gasteiger partial charge in [-0.3, -0.25) is 20.7 Å². The Labute approximate surface area is 184 Å². The minimum absolute atomic E-state index is 0.545. The molecule has 1 aliphatic carbocycles. The molecule has 2 atom stereocenters. The quantitative estimate of drug-likeness (QED) is 0.644. The van der Waals surface area contributed by atoms with Gasteiger partial charge in [-0.1, -0.05) is 32.8 Å². The van der Waals surface area contributed by atoms with Crippen LogP contribution in [-0.4, -0.2) is 59.1 Å². The van der Waals surface area contributed by atoms with Crippen molar-refractivity contribution in [2.45, 2.75) is 89.9 Å². The van der Waals surface area contributed by atoms with E-state index in [1.54, 1.807) is 0 Å². The van der Waals surface area contributed by atoms with Gasteiger partial charge in [-0.25, -0.2) is 0 Å². The molecular weight excluding hydrogens is 370 g/mol. The summed E-state index contributed by atoms with van der Waals surface area (Å²) in [5.41, 5.74) is 8.48. The van der Waals surface area contributed by atoms with Gasteiger partial charge >= 0.3 is 0 Å². The van der Waals surface area contributed by atoms with Crippen LogP contribution < -0.4 is 10.9 Å². The summed E-state index contributed by atoms with van der Waals surface area (Å²) in [6, 6.07) is 6.35. The molecule has 5 heteroatoms. The number of piperidine rings is 1. The van der Waals surface area contributed by atoms with E-state index in [2.05, 4.69) is 51.6 Å². The van der Waals surface area contributed by atoms with Crippen molar-refractivity contribution < 1.29 is 0 Å². The summed E-state index contributed by atoms with van der Waals surface area (Å²) in [7, 11) is 0. The highest BCUT2D eigenvalue weighted by Crippen LogP contribution is 2.28. The lowest BCUT2D eigenvalue weighted by Gasteiger charge is -2.38. The van der Waals surface area contributed by atoms with Crippen molar-refractivity contribution >= 4 is 0 Å². The molecular formula is C25H43N5. The van der Waals surface area contributed by atoms with Gasteiger partial charge in [0, 0.05) is 50.2 Å². The molecule has 0 aromatic carbocycles. The summed E-state index contributed by atoms with van der Waals surface area (Å²) in [5, 5.41) is 0. The molecule has 3 fully saturated rings. The molecule has 0 amide bonds. The highest BCUT2D eigenvalue weighted by atomic mass is 15.4. The summed E-state index contributed by atoms with van der Waals surface area (Å²) in [5.74, 6) is 1.58. The molecule has 30 heavy (non-hydrogen) atoms. The Kier molecular flexibility index (Phi) is 8.16. The average Bonchev–Trinajstić information content (AvgIpc) is 3.41. The van der Waals surface area contributed by atoms with Crippen molar-refractivity contribution in [2.75, 3.05) is 26.2 Å². The smallest absolute Gasteiger partial charge is 0.0355 e. The first kappa shape index (κ1) is 22.2. The van der Waals surface area contributed by atoms with Gasteiger partial charge in [-0.05, 0) is 75.1 Å². The molecule has 3 heterocycles. The first-order valence-electron chi connectivity index (χ1n) is 12.5. The van der Waals surface area contributed by atoms with E-state index in [0.717, 1.165) is 31.0 Å². The van der Waals surface area contributed by atoms with E-state index in [0.29, 0.717) is 12.1 Å². The Morgan fingerprint density at radius 2 is 1.83 bits per heavy atom. The van der Waals surface area contributed by atoms with E-state index >= 15 is 0 Å². The van der Waals surface area contributed by atoms with Crippen LogP contribution in [0.1, 0.15) is 70.8 Å². The normalized spacial score (nSPS) is 26.9. The Hall–Kier alpha value is -1.01. The van der Waals surface area contributed by atoms with Crippen molar-refractivity contribution in [3.63, 3.8) is 0 Å². The standard InChI is InChI=1S/C25H43N5/c1-20(2)14-23-15-24(28-27-23)19-29(18-22-6-5-11-26-16-22)17-21-9-12-30(13-10-21)25-7-3-4-8-25/h5-6,11,16,20-21,23-25,27-28H,3-4,7-10,12-15,17-19H2,1-2H3. The van der Waals surface area contributed by atoms with Crippen LogP contribution in [0.5, 0.6) is 0 Å². The summed E-state index contributed by atoms with van der Waals surface area (Å²) in [6.07, 6.45) is 14.9. The lowest BCUT2D eigenvalue weighted by atomic mass is 9.94. The molecule has 1 aromatic heterocycles. The topological polar surface area (TPSA) is 43.4 Å². The number of pyridine rings is 1. The number of nitrogens with zero attached hydrogens (tertiary/aromatic N) is 3. The van der Waals surface area contributed by atoms with Gasteiger partial charge in [0.05, 0.1) is 0 Å². The number of nitrogens with one attached hydrogen (secondary N) is 2. The van der Waals surface area contributed by atoms with Crippen LogP contribution in [0.3, 0.4) is 0 Å². The van der Waals surface area contributed by atoms with E-state index in [1.807, 2.05) is 12.4 Å². The Morgan fingerprint density at radius 1 is 1.07 bits per heavy atom. The second kappa shape index (κ2) is 11.0. The maximum absolute atomic E-state index is 4.35. The average molecular weight is 414 g/mol. The third-order valence-corrected chi connectivity index (χ3v) is 7.43. The molecule has 3 aliphatic rings. The third kappa shape index (κ3) is 6.49. The molecule has 2 N–H and O–H groups in total. The lowest BCUT2D eigenvalue weighted by molar-refractivity contribution is 0.106. The number of aromatic nitrogens is 1. The van der Waals surface area contributed by atoms with E-state index < -0.39 is 0 Å². The maximum atomic E-state index is 4.35. The zero-order chi connectivity index (χ0) is 20.8. The molecule has 0 bridgehead atoms. The first-order chi connectivity index (χ1) is 14.7. The van der Waals surface area contributed by atoms with Crippen molar-refractivity contribution in [1.29, 1.82) is 0 Å². The molecule has 168 valence electrons. The number of likely N-dealkylation sites (tertiary alicyclic amines) is 1. The molecule has 0 spiro atoms. The van der Waals surface area contributed by atoms with Gasteiger partial charge in [0.25, 0.3) is 0 Å². The van der Waals surface area contributed by atoms with Gasteiger partial charge in [-0.15, -0.1) is 0 Å². The molecule has 1 saturated carbocycles. The highest BCUT2D eigenvalue weighted by Gasteiger charge is 2.30. The molecule has 2 aliphatic heterocycles. The summed E-state index contributed by atoms with van der Waals surface area (Å²) in [4.78, 5) is 9.85. The van der Waals surface area contributed by atoms with E-state index in [4.69, 9.17) is 0 Å². The van der Waals surface area contributed by atoms with E-state index in [-0.39, 0.29) is 0 Å². The van der Waals surface area contributed by atoms with Crippen LogP contribution in [0.2, 0.25) is 0 Å². The zero-order valence-electron chi connectivity index (χ0n) is 19.2. The molecule has 0 radical (unpaired) electrons. The third-order valence-electron chi connectivity index (χ3n) is 7.43. The second-order valence-electron chi connectivity index (χ2n) is 10.5. The number of hydrazine groups is 1. The fourth-order valence-electron chi connectivity index (χ4n) is 5.94. The Morgan fingerprint density at radius 3 is 2.53 bits per heavy atom. The summed E-state index contributed by atoms with van der Waals surface area (Å²) in [6.45, 7) is 10.6. The molecule has 5 nitrogen and oxygen atoms in total. The number of hydrogen-bond acceptors (Lipinski definition) is 5. The van der Waals surface area contributed by atoms with Crippen LogP contribution in [0.25, 0.3) is 0 Å². The van der Waals surface area contributed by atoms with Crippen LogP contribution in [-0.2, 0) is 6.54 Å². The van der Waals surface area contributed by atoms with Crippen molar-refractivity contribution in [3.8, 4) is 0 Å². The van der Waals surface area contributed by atoms with Crippen LogP contribution in [0.15, 0.2) is 24.5 Å². The first-order valence-corrected chi connectivity index (χ1v) is 12.5. The molecule has 1 aromatic rings. The summed E-state index contributed by atoms with van der Waals surface area (Å²) < 4.78 is 0. The zero-order valence-corrected chi connectivity index (χ0v) is 19.2. The Bertz CT molecular complexity index is 607. The molecule has 2 unspecified atom stereocenters. The second-order valence-corrected chi connectivity index (χ2v) is 10.5. The van der Waals surface area contributed by atoms with Crippen molar-refractivity contribution in [3.05, 3.63) is 30.1 Å². The van der Waals surface area contributed by atoms with Crippen LogP contribution in [0, 0.1) is 11.8 Å². The van der Waals surface area contributed by atoms with Gasteiger partial charge in [0.15, 0.2) is 0 Å². The van der Waals surface area contributed by atoms with E-state index in [1.165, 1.54) is 76.6 Å². The van der Waals surface area contributed by atoms with Crippen LogP contribution >= 0.6 is 0 Å². The number of rotatable bonds is 9. The SMILES string of the molecule is CC(C)CC1CC(CN(Cc2cccnc2)CC2CCN(C3CCCC3)CC2)NN1. The fourth-order valence-corrected chi connectivity index (χ4v) is 5.94. The summed E-state index contributed by atoms with van der Waals surface area (Å²) >= 11 is 0. The molecule has 4 rings (SSSR count). The lowest BCUT2D eigenvalue weighted by Crippen LogP contribution is -2.45. The highest BCUT2D eigenvalue weighted by molar-refractivity contribution is 5.08. The predicted octanol–water partition coefficient (Wildman–Crippen LogP) is 3.82. The molecule has 2 saturated heterocycles. The number of hydrogen-bond donors (Lipinski definition) is 2. The van der Waals surface area contributed by atoms with E-state index in [9.17, 15) is 0 Å². The van der Waals surface area contributed by atoms with Gasteiger partial charge < -0.3 is 4.90 Å². The maximum Gasteiger partial charge on any atom is 0.0355 e. The minimum atomic E-state index is 0.545. The predicted molar refractivity (Wildman–Crippen MR) is 124 cm³/mol.